The fraction of sp³-hybridized carbons (Fsp3) is 0.375. The van der Waals surface area contributed by atoms with Gasteiger partial charge in [0.25, 0.3) is 0 Å². The third-order valence-corrected chi connectivity index (χ3v) is 2.40. The molecule has 0 bridgehead atoms. The molecular formula is C8H8N4O2. The van der Waals surface area contributed by atoms with Crippen LogP contribution in [-0.2, 0) is 5.54 Å². The van der Waals surface area contributed by atoms with Crippen molar-refractivity contribution in [2.45, 2.75) is 18.4 Å². The Balaban J connectivity index is 2.48. The van der Waals surface area contributed by atoms with E-state index in [0.29, 0.717) is 12.8 Å². The lowest BCUT2D eigenvalue weighted by Gasteiger charge is -2.08. The third kappa shape index (κ3) is 0.956. The van der Waals surface area contributed by atoms with Crippen molar-refractivity contribution in [2.75, 3.05) is 5.73 Å². The molecule has 1 aromatic rings. The number of nitrogens with two attached hydrogens (primary N) is 1. The number of rotatable bonds is 2. The predicted octanol–water partition coefficient (Wildman–Crippen LogP) is 0.176. The number of carboxylic acid groups (broad SMARTS) is 1. The predicted molar refractivity (Wildman–Crippen MR) is 46.4 cm³/mol. The van der Waals surface area contributed by atoms with Gasteiger partial charge < -0.3 is 10.8 Å². The van der Waals surface area contributed by atoms with Gasteiger partial charge in [-0.05, 0) is 12.8 Å². The van der Waals surface area contributed by atoms with Gasteiger partial charge in [-0.3, -0.25) is 4.57 Å². The third-order valence-electron chi connectivity index (χ3n) is 2.40. The summed E-state index contributed by atoms with van der Waals surface area (Å²) < 4.78 is 1.44. The molecule has 1 saturated carbocycles. The van der Waals surface area contributed by atoms with Crippen molar-refractivity contribution in [2.24, 2.45) is 0 Å². The second kappa shape index (κ2) is 2.48. The molecule has 1 fully saturated rings. The first-order valence-electron chi connectivity index (χ1n) is 4.08. The van der Waals surface area contributed by atoms with Crippen LogP contribution in [-0.4, -0.2) is 20.6 Å². The van der Waals surface area contributed by atoms with E-state index in [1.165, 1.54) is 10.9 Å². The van der Waals surface area contributed by atoms with Crippen molar-refractivity contribution in [3.05, 3.63) is 12.0 Å². The van der Waals surface area contributed by atoms with Gasteiger partial charge in [0, 0.05) is 0 Å². The summed E-state index contributed by atoms with van der Waals surface area (Å²) in [5, 5.41) is 17.6. The first kappa shape index (κ1) is 8.56. The van der Waals surface area contributed by atoms with E-state index in [4.69, 9.17) is 16.1 Å². The average molecular weight is 192 g/mol. The van der Waals surface area contributed by atoms with Crippen LogP contribution in [0, 0.1) is 11.3 Å². The van der Waals surface area contributed by atoms with Crippen LogP contribution in [0.5, 0.6) is 0 Å². The molecule has 0 saturated heterocycles. The number of nitriles is 1. The molecule has 3 N–H and O–H groups in total. The fourth-order valence-electron chi connectivity index (χ4n) is 1.39. The number of aromatic carboxylic acids is 1. The minimum atomic E-state index is -1.17. The minimum Gasteiger partial charge on any atom is -0.476 e. The van der Waals surface area contributed by atoms with Crippen LogP contribution in [0.4, 0.5) is 5.82 Å². The Labute approximate surface area is 79.6 Å². The summed E-state index contributed by atoms with van der Waals surface area (Å²) in [5.41, 5.74) is 4.74. The topological polar surface area (TPSA) is 105 Å². The van der Waals surface area contributed by atoms with E-state index in [1.54, 1.807) is 0 Å². The van der Waals surface area contributed by atoms with Crippen LogP contribution in [0.3, 0.4) is 0 Å². The van der Waals surface area contributed by atoms with Crippen molar-refractivity contribution < 1.29 is 9.90 Å². The summed E-state index contributed by atoms with van der Waals surface area (Å²) in [5.74, 6) is -1.12. The number of imidazole rings is 1. The summed E-state index contributed by atoms with van der Waals surface area (Å²) >= 11 is 0. The maximum atomic E-state index is 10.6. The number of nitrogen functional groups attached to an aromatic ring is 1. The molecule has 6 heteroatoms. The van der Waals surface area contributed by atoms with Gasteiger partial charge in [-0.25, -0.2) is 9.78 Å². The molecule has 1 aliphatic carbocycles. The summed E-state index contributed by atoms with van der Waals surface area (Å²) in [4.78, 5) is 14.3. The first-order valence-corrected chi connectivity index (χ1v) is 4.08. The molecule has 72 valence electrons. The maximum Gasteiger partial charge on any atom is 0.358 e. The fourth-order valence-corrected chi connectivity index (χ4v) is 1.39. The largest absolute Gasteiger partial charge is 0.476 e. The second-order valence-electron chi connectivity index (χ2n) is 3.30. The summed E-state index contributed by atoms with van der Waals surface area (Å²) in [7, 11) is 0. The molecule has 0 aliphatic heterocycles. The van der Waals surface area contributed by atoms with Gasteiger partial charge >= 0.3 is 5.97 Å². The molecule has 6 nitrogen and oxygen atoms in total. The van der Waals surface area contributed by atoms with Gasteiger partial charge in [0.05, 0.1) is 12.4 Å². The van der Waals surface area contributed by atoms with E-state index in [2.05, 4.69) is 11.1 Å². The van der Waals surface area contributed by atoms with E-state index in [9.17, 15) is 4.79 Å². The van der Waals surface area contributed by atoms with E-state index in [1.807, 2.05) is 0 Å². The quantitative estimate of drug-likeness (QED) is 0.695. The monoisotopic (exact) mass is 192 g/mol. The molecule has 0 spiro atoms. The molecule has 1 aromatic heterocycles. The van der Waals surface area contributed by atoms with Crippen molar-refractivity contribution in [3.8, 4) is 6.07 Å². The molecule has 2 rings (SSSR count). The lowest BCUT2D eigenvalue weighted by atomic mass is 10.3. The lowest BCUT2D eigenvalue weighted by Crippen LogP contribution is -2.16. The van der Waals surface area contributed by atoms with E-state index in [-0.39, 0.29) is 11.5 Å². The average Bonchev–Trinajstić information content (AvgIpc) is 2.84. The van der Waals surface area contributed by atoms with Crippen LogP contribution >= 0.6 is 0 Å². The number of carbonyl (C=O) groups is 1. The summed E-state index contributed by atoms with van der Waals surface area (Å²) in [6.07, 6.45) is 2.71. The highest BCUT2D eigenvalue weighted by atomic mass is 16.4. The Kier molecular flexibility index (Phi) is 1.52. The van der Waals surface area contributed by atoms with Gasteiger partial charge in [-0.1, -0.05) is 0 Å². The Morgan fingerprint density at radius 3 is 2.79 bits per heavy atom. The van der Waals surface area contributed by atoms with Crippen molar-refractivity contribution in [1.82, 2.24) is 9.55 Å². The zero-order chi connectivity index (χ0) is 10.3. The number of nitrogens with zero attached hydrogens (tertiary/aromatic N) is 3. The first-order chi connectivity index (χ1) is 6.60. The number of carboxylic acids is 1. The second-order valence-corrected chi connectivity index (χ2v) is 3.30. The molecule has 0 amide bonds. The van der Waals surface area contributed by atoms with E-state index < -0.39 is 11.5 Å². The zero-order valence-corrected chi connectivity index (χ0v) is 7.27. The highest BCUT2D eigenvalue weighted by molar-refractivity contribution is 5.90. The molecule has 1 aliphatic rings. The molecule has 0 radical (unpaired) electrons. The maximum absolute atomic E-state index is 10.6. The zero-order valence-electron chi connectivity index (χ0n) is 7.27. The standard InChI is InChI=1S/C8H8N4O2/c9-3-8(1-2-8)12-4-11-5(6(12)10)7(13)14/h4H,1-2,10H2,(H,13,14). The van der Waals surface area contributed by atoms with Crippen molar-refractivity contribution in [3.63, 3.8) is 0 Å². The molecule has 1 heterocycles. The molecule has 0 unspecified atom stereocenters. The highest BCUT2D eigenvalue weighted by Gasteiger charge is 2.46. The van der Waals surface area contributed by atoms with Crippen LogP contribution in [0.25, 0.3) is 0 Å². The van der Waals surface area contributed by atoms with Crippen LogP contribution < -0.4 is 5.73 Å². The summed E-state index contributed by atoms with van der Waals surface area (Å²) in [6.45, 7) is 0. The van der Waals surface area contributed by atoms with E-state index >= 15 is 0 Å². The minimum absolute atomic E-state index is 0.0524. The number of hydrogen-bond acceptors (Lipinski definition) is 4. The Bertz CT molecular complexity index is 439. The molecule has 0 aromatic carbocycles. The smallest absolute Gasteiger partial charge is 0.358 e. The Morgan fingerprint density at radius 2 is 2.43 bits per heavy atom. The van der Waals surface area contributed by atoms with Gasteiger partial charge in [-0.15, -0.1) is 0 Å². The van der Waals surface area contributed by atoms with Gasteiger partial charge in [0.2, 0.25) is 0 Å². The van der Waals surface area contributed by atoms with E-state index in [0.717, 1.165) is 0 Å². The van der Waals surface area contributed by atoms with Crippen LogP contribution in [0.1, 0.15) is 23.3 Å². The van der Waals surface area contributed by atoms with Gasteiger partial charge in [0.15, 0.2) is 5.69 Å². The number of anilines is 1. The van der Waals surface area contributed by atoms with Crippen LogP contribution in [0.15, 0.2) is 6.33 Å². The number of aromatic nitrogens is 2. The van der Waals surface area contributed by atoms with Crippen molar-refractivity contribution >= 4 is 11.8 Å². The van der Waals surface area contributed by atoms with Gasteiger partial charge in [-0.2, -0.15) is 5.26 Å². The Morgan fingerprint density at radius 1 is 1.79 bits per heavy atom. The van der Waals surface area contributed by atoms with Gasteiger partial charge in [0.1, 0.15) is 11.4 Å². The Hall–Kier alpha value is -2.03. The number of hydrogen-bond donors (Lipinski definition) is 2. The molecule has 0 atom stereocenters. The molecular weight excluding hydrogens is 184 g/mol. The highest BCUT2D eigenvalue weighted by Crippen LogP contribution is 2.44. The molecule has 14 heavy (non-hydrogen) atoms. The van der Waals surface area contributed by atoms with Crippen LogP contribution in [0.2, 0.25) is 0 Å². The normalized spacial score (nSPS) is 17.4. The SMILES string of the molecule is N#CC1(n2cnc(C(=O)O)c2N)CC1. The summed E-state index contributed by atoms with van der Waals surface area (Å²) in [6, 6.07) is 2.11. The van der Waals surface area contributed by atoms with Crippen molar-refractivity contribution in [1.29, 1.82) is 5.26 Å². The lowest BCUT2D eigenvalue weighted by molar-refractivity contribution is 0.0692.